The molecule has 55 heavy (non-hydrogen) atoms. The van der Waals surface area contributed by atoms with Gasteiger partial charge in [0.1, 0.15) is 6.42 Å². The summed E-state index contributed by atoms with van der Waals surface area (Å²) >= 11 is 0. The molecule has 0 aromatic rings. The summed E-state index contributed by atoms with van der Waals surface area (Å²) in [6.07, 6.45) is 50.1. The van der Waals surface area contributed by atoms with Crippen molar-refractivity contribution in [1.82, 2.24) is 20.4 Å². The van der Waals surface area contributed by atoms with Gasteiger partial charge in [-0.3, -0.25) is 14.5 Å². The van der Waals surface area contributed by atoms with Gasteiger partial charge in [-0.05, 0) is 111 Å². The average molecular weight is 769 g/mol. The maximum absolute atomic E-state index is 13.1. The molecule has 0 radical (unpaired) electrons. The molecule has 0 atom stereocenters. The number of hydrogen-bond donors (Lipinski definition) is 2. The smallest absolute Gasteiger partial charge is 0.324 e. The Morgan fingerprint density at radius 3 is 1.36 bits per heavy atom. The first kappa shape index (κ1) is 52.3. The molecule has 0 spiro atoms. The summed E-state index contributed by atoms with van der Waals surface area (Å²) in [6, 6.07) is -0.342. The number of carbonyl (C=O) groups excluding carboxylic acids is 3. The van der Waals surface area contributed by atoms with Crippen molar-refractivity contribution in [3.05, 3.63) is 48.6 Å². The highest BCUT2D eigenvalue weighted by molar-refractivity contribution is 6.03. The molecule has 0 aliphatic carbocycles. The second-order valence-corrected chi connectivity index (χ2v) is 15.7. The van der Waals surface area contributed by atoms with Crippen molar-refractivity contribution >= 4 is 17.8 Å². The van der Waals surface area contributed by atoms with Crippen LogP contribution >= 0.6 is 0 Å². The van der Waals surface area contributed by atoms with Crippen LogP contribution in [0.1, 0.15) is 201 Å². The number of allylic oxidation sites excluding steroid dienone is 8. The molecule has 2 N–H and O–H groups in total. The van der Waals surface area contributed by atoms with Crippen molar-refractivity contribution in [3.63, 3.8) is 0 Å². The molecule has 0 bridgehead atoms. The molecule has 0 aliphatic heterocycles. The highest BCUT2D eigenvalue weighted by Crippen LogP contribution is 2.16. The van der Waals surface area contributed by atoms with E-state index in [1.165, 1.54) is 116 Å². The van der Waals surface area contributed by atoms with Crippen LogP contribution in [0.4, 0.5) is 4.79 Å². The quantitative estimate of drug-likeness (QED) is 0.0372. The molecule has 0 saturated carbocycles. The summed E-state index contributed by atoms with van der Waals surface area (Å²) in [5, 5.41) is 6.01. The highest BCUT2D eigenvalue weighted by Gasteiger charge is 2.23. The fraction of sp³-hybridized carbons (Fsp3) is 0.771. The van der Waals surface area contributed by atoms with Gasteiger partial charge < -0.3 is 15.5 Å². The number of urea groups is 1. The summed E-state index contributed by atoms with van der Waals surface area (Å²) in [7, 11) is 3.98. The molecule has 0 aromatic heterocycles. The molecule has 0 unspecified atom stereocenters. The predicted octanol–water partition coefficient (Wildman–Crippen LogP) is 12.8. The number of carbonyl (C=O) groups is 3. The van der Waals surface area contributed by atoms with Gasteiger partial charge in [-0.15, -0.1) is 0 Å². The molecular formula is C48H88N4O3. The van der Waals surface area contributed by atoms with Gasteiger partial charge in [-0.2, -0.15) is 0 Å². The lowest BCUT2D eigenvalue weighted by Gasteiger charge is -2.22. The van der Waals surface area contributed by atoms with Gasteiger partial charge in [-0.1, -0.05) is 152 Å². The Labute approximate surface area is 340 Å². The number of nitrogens with zero attached hydrogens (tertiary/aromatic N) is 2. The zero-order chi connectivity index (χ0) is 40.5. The standard InChI is InChI=1S/C48H88N4O3/c1-6-9-11-13-15-17-19-21-23-25-27-29-31-33-35-37-40-45(41-38-36-34-32-30-28-26-24-22-20-18-16-14-12-10-7-2)50-46(53)44-47(54)52(8-3)48(55)49-42-39-43-51(4)5/h15-18,21-24,45H,6-14,19-20,25-44H2,1-5H3,(H,49,55)(H,50,53)/b17-15-,18-16-,23-21-,24-22-. The zero-order valence-electron chi connectivity index (χ0n) is 36.7. The van der Waals surface area contributed by atoms with Gasteiger partial charge in [0.05, 0.1) is 0 Å². The fourth-order valence-corrected chi connectivity index (χ4v) is 6.68. The average Bonchev–Trinajstić information content (AvgIpc) is 3.16. The van der Waals surface area contributed by atoms with E-state index in [1.807, 2.05) is 14.1 Å². The molecule has 7 nitrogen and oxygen atoms in total. The van der Waals surface area contributed by atoms with Crippen molar-refractivity contribution in [2.24, 2.45) is 0 Å². The molecule has 0 aliphatic rings. The summed E-state index contributed by atoms with van der Waals surface area (Å²) < 4.78 is 0. The SMILES string of the molecule is CCCCC/C=C\C/C=C\CCCCCCCCC(CCCCCCCC/C=C\C/C=C\CCCCC)NC(=O)CC(=O)N(CC)C(=O)NCCCN(C)C. The number of hydrogen-bond acceptors (Lipinski definition) is 4. The molecule has 0 rings (SSSR count). The van der Waals surface area contributed by atoms with Crippen molar-refractivity contribution in [2.75, 3.05) is 33.7 Å². The minimum atomic E-state index is -0.439. The van der Waals surface area contributed by atoms with Crippen molar-refractivity contribution in [1.29, 1.82) is 0 Å². The van der Waals surface area contributed by atoms with E-state index in [-0.39, 0.29) is 24.9 Å². The van der Waals surface area contributed by atoms with Crippen LogP contribution in [0.2, 0.25) is 0 Å². The van der Waals surface area contributed by atoms with Crippen molar-refractivity contribution < 1.29 is 14.4 Å². The number of rotatable bonds is 38. The van der Waals surface area contributed by atoms with Crippen LogP contribution in [0.5, 0.6) is 0 Å². The van der Waals surface area contributed by atoms with Gasteiger partial charge in [0.15, 0.2) is 0 Å². The van der Waals surface area contributed by atoms with Crippen LogP contribution in [-0.2, 0) is 9.59 Å². The van der Waals surface area contributed by atoms with Gasteiger partial charge in [0.2, 0.25) is 11.8 Å². The maximum Gasteiger partial charge on any atom is 0.324 e. The minimum absolute atomic E-state index is 0.0758. The summed E-state index contributed by atoms with van der Waals surface area (Å²) in [4.78, 5) is 41.9. The Bertz CT molecular complexity index is 971. The fourth-order valence-electron chi connectivity index (χ4n) is 6.68. The zero-order valence-corrected chi connectivity index (χ0v) is 36.7. The predicted molar refractivity (Wildman–Crippen MR) is 238 cm³/mol. The van der Waals surface area contributed by atoms with Crippen LogP contribution in [0, 0.1) is 0 Å². The van der Waals surface area contributed by atoms with Gasteiger partial charge in [0.25, 0.3) is 0 Å². The van der Waals surface area contributed by atoms with E-state index in [0.29, 0.717) is 6.54 Å². The maximum atomic E-state index is 13.1. The molecule has 4 amide bonds. The third kappa shape index (κ3) is 36.7. The van der Waals surface area contributed by atoms with Crippen LogP contribution in [0.15, 0.2) is 48.6 Å². The van der Waals surface area contributed by atoms with E-state index in [0.717, 1.165) is 69.2 Å². The summed E-state index contributed by atoms with van der Waals surface area (Å²) in [5.41, 5.74) is 0. The number of unbranched alkanes of at least 4 members (excludes halogenated alkanes) is 18. The number of imide groups is 1. The third-order valence-corrected chi connectivity index (χ3v) is 10.1. The lowest BCUT2D eigenvalue weighted by molar-refractivity contribution is -0.134. The first-order valence-electron chi connectivity index (χ1n) is 23.0. The van der Waals surface area contributed by atoms with E-state index < -0.39 is 11.9 Å². The molecule has 0 heterocycles. The molecule has 0 saturated heterocycles. The van der Waals surface area contributed by atoms with Crippen molar-refractivity contribution in [2.45, 2.75) is 207 Å². The van der Waals surface area contributed by atoms with Gasteiger partial charge in [0, 0.05) is 19.1 Å². The van der Waals surface area contributed by atoms with E-state index in [4.69, 9.17) is 0 Å². The molecule has 0 aromatic carbocycles. The van der Waals surface area contributed by atoms with E-state index in [2.05, 4.69) is 78.0 Å². The summed E-state index contributed by atoms with van der Waals surface area (Å²) in [6.45, 7) is 7.87. The Morgan fingerprint density at radius 1 is 0.527 bits per heavy atom. The Kier molecular flexibility index (Phi) is 39.0. The van der Waals surface area contributed by atoms with Gasteiger partial charge >= 0.3 is 6.03 Å². The molecular weight excluding hydrogens is 681 g/mol. The Hall–Kier alpha value is -2.67. The number of amides is 4. The monoisotopic (exact) mass is 769 g/mol. The van der Waals surface area contributed by atoms with Gasteiger partial charge in [-0.25, -0.2) is 4.79 Å². The Balaban J connectivity index is 4.57. The van der Waals surface area contributed by atoms with Crippen molar-refractivity contribution in [3.8, 4) is 0 Å². The lowest BCUT2D eigenvalue weighted by atomic mass is 9.99. The van der Waals surface area contributed by atoms with E-state index >= 15 is 0 Å². The lowest BCUT2D eigenvalue weighted by Crippen LogP contribution is -2.46. The topological polar surface area (TPSA) is 81.8 Å². The Morgan fingerprint density at radius 2 is 0.945 bits per heavy atom. The van der Waals surface area contributed by atoms with E-state index in [1.54, 1.807) is 6.92 Å². The van der Waals surface area contributed by atoms with Crippen LogP contribution in [0.25, 0.3) is 0 Å². The molecule has 318 valence electrons. The normalized spacial score (nSPS) is 12.1. The second kappa shape index (κ2) is 41.0. The summed E-state index contributed by atoms with van der Waals surface area (Å²) in [5.74, 6) is -0.708. The minimum Gasteiger partial charge on any atom is -0.353 e. The second-order valence-electron chi connectivity index (χ2n) is 15.7. The van der Waals surface area contributed by atoms with Crippen LogP contribution in [-0.4, -0.2) is 67.4 Å². The largest absolute Gasteiger partial charge is 0.353 e. The third-order valence-electron chi connectivity index (χ3n) is 10.1. The van der Waals surface area contributed by atoms with Crippen LogP contribution in [0.3, 0.4) is 0 Å². The van der Waals surface area contributed by atoms with Crippen LogP contribution < -0.4 is 10.6 Å². The molecule has 7 heteroatoms. The first-order chi connectivity index (χ1) is 26.8. The molecule has 0 fully saturated rings. The highest BCUT2D eigenvalue weighted by atomic mass is 16.2. The number of nitrogens with one attached hydrogen (secondary N) is 2. The van der Waals surface area contributed by atoms with E-state index in [9.17, 15) is 14.4 Å². The first-order valence-corrected chi connectivity index (χ1v) is 23.0.